The van der Waals surface area contributed by atoms with Crippen molar-refractivity contribution in [3.05, 3.63) is 182 Å². The monoisotopic (exact) mass is 1740 g/mol. The number of aromatic nitrogens is 12. The minimum absolute atomic E-state index is 0.0420. The molecule has 672 valence electrons. The summed E-state index contributed by atoms with van der Waals surface area (Å²) in [6.07, 6.45) is 8.25. The topological polar surface area (TPSA) is 301 Å². The van der Waals surface area contributed by atoms with Gasteiger partial charge in [0.25, 0.3) is 0 Å². The average molecular weight is 1750 g/mol. The number of fused-ring (bicyclic) bond motifs is 3. The van der Waals surface area contributed by atoms with Crippen molar-refractivity contribution in [2.24, 2.45) is 0 Å². The normalized spacial score (nSPS) is 11.3. The molecule has 0 aliphatic rings. The zero-order chi connectivity index (χ0) is 92.5. The highest BCUT2D eigenvalue weighted by Crippen LogP contribution is 2.43. The van der Waals surface area contributed by atoms with Crippen LogP contribution in [0.3, 0.4) is 0 Å². The minimum atomic E-state index is -3.12. The summed E-state index contributed by atoms with van der Waals surface area (Å²) in [6, 6.07) is 25.4. The molecule has 0 aliphatic carbocycles. The van der Waals surface area contributed by atoms with Gasteiger partial charge in [0.2, 0.25) is 35.6 Å². The maximum Gasteiger partial charge on any atom is 0.387 e. The summed E-state index contributed by atoms with van der Waals surface area (Å²) < 4.78 is 95.2. The second-order valence-corrected chi connectivity index (χ2v) is 31.6. The van der Waals surface area contributed by atoms with E-state index in [0.29, 0.717) is 139 Å². The Bertz CT molecular complexity index is 5730. The second-order valence-electron chi connectivity index (χ2n) is 31.6. The molecule has 0 saturated heterocycles. The summed E-state index contributed by atoms with van der Waals surface area (Å²) in [5.74, 6) is 1.30. The van der Waals surface area contributed by atoms with Crippen LogP contribution in [0.4, 0.5) is 91.0 Å². The van der Waals surface area contributed by atoms with Crippen molar-refractivity contribution in [1.29, 1.82) is 0 Å². The van der Waals surface area contributed by atoms with Crippen LogP contribution < -0.4 is 60.8 Å². The van der Waals surface area contributed by atoms with E-state index < -0.39 is 30.0 Å². The van der Waals surface area contributed by atoms with Gasteiger partial charge in [0, 0.05) is 132 Å². The molecule has 0 fully saturated rings. The number of imidazole rings is 3. The molecular formula is C92H113F5N24O6. The average Bonchev–Trinajstić information content (AvgIpc) is 1.63. The Kier molecular flexibility index (Phi) is 32.2. The minimum Gasteiger partial charge on any atom is -0.492 e. The van der Waals surface area contributed by atoms with Crippen LogP contribution in [0.15, 0.2) is 148 Å². The first kappa shape index (κ1) is 95.6. The number of halogens is 5. The molecule has 0 atom stereocenters. The van der Waals surface area contributed by atoms with Crippen molar-refractivity contribution in [2.75, 3.05) is 163 Å². The molecule has 3 amide bonds. The van der Waals surface area contributed by atoms with Crippen LogP contribution in [0.2, 0.25) is 0 Å². The van der Waals surface area contributed by atoms with Crippen LogP contribution in [0.5, 0.6) is 17.2 Å². The van der Waals surface area contributed by atoms with Gasteiger partial charge in [-0.15, -0.1) is 0 Å². The lowest BCUT2D eigenvalue weighted by Crippen LogP contribution is -2.29. The molecule has 0 saturated carbocycles. The molecule has 6 N–H and O–H groups in total. The summed E-state index contributed by atoms with van der Waals surface area (Å²) in [5, 5.41) is 17.9. The van der Waals surface area contributed by atoms with Gasteiger partial charge in [0.05, 0.1) is 98.0 Å². The van der Waals surface area contributed by atoms with Crippen molar-refractivity contribution in [1.82, 2.24) is 73.3 Å². The standard InChI is InChI=1S/2C31H39FN8O2.C30H35F3N8O2/c2*1-9-29(41)35-24-17-25(28(42-10-2)18-26(24)39(8)14-13-38(6)7)37-31-33-12-11-23(36-31)21-15-22(32)30-27(16-21)40(19(3)4)20(5)34-30;1-8-27(42)36-22-15-23(26(43-29(32)33)16-24(22)40(7)12-11-39(5)6)38-30-34-10-9-21(37-30)19-13-20(31)28-25(14-19)41(17(2)3)18(4)35-28/h2*9,11-12,15-19H,1,10,13-14H2,2-8H3,(H,35,41)(H,33,36,37);8-10,13-17,29H,1,11-12H2,2-7H3,(H,36,42)(H,34,37,38). The van der Waals surface area contributed by atoms with Crippen molar-refractivity contribution in [3.63, 3.8) is 0 Å². The number of carbonyl (C=O) groups is 3. The molecule has 0 aliphatic heterocycles. The Hall–Kier alpha value is -13.7. The van der Waals surface area contributed by atoms with Crippen molar-refractivity contribution < 1.29 is 50.5 Å². The number of ether oxygens (including phenoxy) is 3. The molecular weight excluding hydrogens is 1630 g/mol. The van der Waals surface area contributed by atoms with E-state index >= 15 is 13.2 Å². The number of aryl methyl sites for hydroxylation is 3. The Morgan fingerprint density at radius 3 is 0.929 bits per heavy atom. The summed E-state index contributed by atoms with van der Waals surface area (Å²) >= 11 is 0. The number of likely N-dealkylation sites (N-methyl/N-ethyl adjacent to an activating group) is 6. The van der Waals surface area contributed by atoms with E-state index in [-0.39, 0.29) is 64.7 Å². The zero-order valence-corrected chi connectivity index (χ0v) is 75.6. The number of benzene rings is 6. The molecule has 6 aromatic carbocycles. The van der Waals surface area contributed by atoms with Gasteiger partial charge in [0.1, 0.15) is 45.5 Å². The third-order valence-corrected chi connectivity index (χ3v) is 20.2. The number of rotatable bonds is 36. The Morgan fingerprint density at radius 1 is 0.402 bits per heavy atom. The highest BCUT2D eigenvalue weighted by molar-refractivity contribution is 6.04. The molecule has 12 aromatic rings. The van der Waals surface area contributed by atoms with Gasteiger partial charge in [0.15, 0.2) is 23.2 Å². The molecule has 0 radical (unpaired) electrons. The highest BCUT2D eigenvalue weighted by atomic mass is 19.3. The Morgan fingerprint density at radius 2 is 0.677 bits per heavy atom. The predicted octanol–water partition coefficient (Wildman–Crippen LogP) is 17.6. The van der Waals surface area contributed by atoms with E-state index in [1.165, 1.54) is 48.7 Å². The maximum atomic E-state index is 15.2. The third-order valence-electron chi connectivity index (χ3n) is 20.2. The van der Waals surface area contributed by atoms with Crippen LogP contribution in [0.1, 0.15) is 91.0 Å². The number of anilines is 12. The SMILES string of the molecule is C=CC(=O)Nc1cc(Nc2nccc(-c3cc(F)c4nc(C)n(C(C)C)c4c3)n2)c(OC(F)F)cc1N(C)CCN(C)C.C=CC(=O)Nc1cc(Nc2nccc(-c3cc(F)c4nc(C)n(C(C)C)c4c3)n2)c(OCC)cc1N(C)CCN(C)C.C=CC(=O)Nc1cc(Nc2nccc(-c3cc(F)c4nc(C)n(C(C)C)c4c3)n2)c(OCC)cc1N(C)CCN(C)C. The van der Waals surface area contributed by atoms with E-state index in [1.54, 1.807) is 55.8 Å². The largest absolute Gasteiger partial charge is 0.492 e. The van der Waals surface area contributed by atoms with E-state index in [2.05, 4.69) is 116 Å². The molecule has 0 spiro atoms. The summed E-state index contributed by atoms with van der Waals surface area (Å²) in [7, 11) is 17.5. The van der Waals surface area contributed by atoms with E-state index in [1.807, 2.05) is 180 Å². The van der Waals surface area contributed by atoms with Crippen LogP contribution in [-0.4, -0.2) is 214 Å². The van der Waals surface area contributed by atoms with Crippen LogP contribution in [-0.2, 0) is 14.4 Å². The Balaban J connectivity index is 0.000000199. The first-order chi connectivity index (χ1) is 60.4. The molecule has 0 unspecified atom stereocenters. The smallest absolute Gasteiger partial charge is 0.387 e. The second kappa shape index (κ2) is 42.8. The van der Waals surface area contributed by atoms with Gasteiger partial charge in [-0.1, -0.05) is 19.7 Å². The van der Waals surface area contributed by atoms with Gasteiger partial charge in [-0.3, -0.25) is 14.4 Å². The molecule has 35 heteroatoms. The quantitative estimate of drug-likeness (QED) is 0.0157. The summed E-state index contributed by atoms with van der Waals surface area (Å²) in [5.41, 5.74) is 10.9. The first-order valence-electron chi connectivity index (χ1n) is 41.4. The molecule has 6 aromatic heterocycles. The lowest BCUT2D eigenvalue weighted by Gasteiger charge is -2.26. The van der Waals surface area contributed by atoms with E-state index in [0.717, 1.165) is 55.3 Å². The number of alkyl halides is 2. The summed E-state index contributed by atoms with van der Waals surface area (Å²) in [4.78, 5) is 89.1. The van der Waals surface area contributed by atoms with Crippen molar-refractivity contribution >= 4 is 120 Å². The van der Waals surface area contributed by atoms with Gasteiger partial charge in [-0.25, -0.2) is 58.0 Å². The first-order valence-corrected chi connectivity index (χ1v) is 41.4. The van der Waals surface area contributed by atoms with Crippen LogP contribution in [0.25, 0.3) is 66.9 Å². The lowest BCUT2D eigenvalue weighted by atomic mass is 10.1. The fourth-order valence-corrected chi connectivity index (χ4v) is 14.3. The van der Waals surface area contributed by atoms with Gasteiger partial charge in [-0.05, 0) is 209 Å². The molecule has 6 heterocycles. The summed E-state index contributed by atoms with van der Waals surface area (Å²) in [6.45, 7) is 34.2. The van der Waals surface area contributed by atoms with Crippen molar-refractivity contribution in [2.45, 2.75) is 101 Å². The molecule has 127 heavy (non-hydrogen) atoms. The predicted molar refractivity (Wildman–Crippen MR) is 498 cm³/mol. The fourth-order valence-electron chi connectivity index (χ4n) is 14.3. The number of hydrogen-bond acceptors (Lipinski definition) is 24. The number of hydrogen-bond donors (Lipinski definition) is 6. The number of nitrogens with one attached hydrogen (secondary N) is 6. The van der Waals surface area contributed by atoms with E-state index in [4.69, 9.17) is 14.2 Å². The maximum absolute atomic E-state index is 15.2. The number of nitrogens with zero attached hydrogens (tertiary/aromatic N) is 18. The van der Waals surface area contributed by atoms with Crippen molar-refractivity contribution in [3.8, 4) is 51.0 Å². The van der Waals surface area contributed by atoms with Gasteiger partial charge < -0.3 is 89.2 Å². The molecule has 12 rings (SSSR count). The van der Waals surface area contributed by atoms with Crippen LogP contribution in [0, 0.1) is 38.2 Å². The van der Waals surface area contributed by atoms with Gasteiger partial charge >= 0.3 is 6.61 Å². The van der Waals surface area contributed by atoms with E-state index in [9.17, 15) is 23.2 Å². The van der Waals surface area contributed by atoms with Gasteiger partial charge in [-0.2, -0.15) is 8.78 Å². The fraction of sp³-hybridized carbons (Fsp3) is 0.348. The molecule has 30 nitrogen and oxygen atoms in total. The Labute approximate surface area is 737 Å². The third kappa shape index (κ3) is 23.9. The van der Waals surface area contributed by atoms with Crippen LogP contribution >= 0.6 is 0 Å². The molecule has 0 bridgehead atoms. The zero-order valence-electron chi connectivity index (χ0n) is 75.6. The number of amides is 3. The number of carbonyl (C=O) groups excluding carboxylic acids is 3. The highest BCUT2D eigenvalue weighted by Gasteiger charge is 2.26. The lowest BCUT2D eigenvalue weighted by molar-refractivity contribution is -0.112.